The van der Waals surface area contributed by atoms with Gasteiger partial charge in [-0.1, -0.05) is 44.7 Å². The highest BCUT2D eigenvalue weighted by Crippen LogP contribution is 2.24. The summed E-state index contributed by atoms with van der Waals surface area (Å²) < 4.78 is 14.4. The molecule has 3 heteroatoms. The fourth-order valence-corrected chi connectivity index (χ4v) is 2.35. The Hall–Kier alpha value is -1.38. The minimum Gasteiger partial charge on any atom is -0.355 e. The van der Waals surface area contributed by atoms with Crippen LogP contribution in [-0.2, 0) is 6.42 Å². The van der Waals surface area contributed by atoms with Crippen LogP contribution in [0.4, 0.5) is 4.39 Å². The van der Waals surface area contributed by atoms with Crippen molar-refractivity contribution in [1.29, 1.82) is 0 Å². The average molecular weight is 279 g/mol. The molecule has 112 valence electrons. The third kappa shape index (κ3) is 5.72. The average Bonchev–Trinajstić information content (AvgIpc) is 2.43. The number of amides is 1. The van der Waals surface area contributed by atoms with Gasteiger partial charge in [-0.15, -0.1) is 0 Å². The van der Waals surface area contributed by atoms with Crippen LogP contribution in [0.25, 0.3) is 0 Å². The summed E-state index contributed by atoms with van der Waals surface area (Å²) in [5.74, 6) is -0.112. The van der Waals surface area contributed by atoms with Gasteiger partial charge in [0.15, 0.2) is 0 Å². The molecule has 1 unspecified atom stereocenters. The van der Waals surface area contributed by atoms with Crippen LogP contribution < -0.4 is 5.32 Å². The van der Waals surface area contributed by atoms with E-state index in [0.717, 1.165) is 18.4 Å². The molecule has 0 saturated carbocycles. The zero-order chi connectivity index (χ0) is 15.0. The first-order chi connectivity index (χ1) is 9.48. The highest BCUT2D eigenvalue weighted by atomic mass is 19.1. The van der Waals surface area contributed by atoms with Crippen molar-refractivity contribution < 1.29 is 9.18 Å². The van der Waals surface area contributed by atoms with Crippen molar-refractivity contribution in [2.45, 2.75) is 58.0 Å². The molecular formula is C17H26FNO. The van der Waals surface area contributed by atoms with E-state index >= 15 is 0 Å². The third-order valence-electron chi connectivity index (χ3n) is 3.57. The molecule has 2 nitrogen and oxygen atoms in total. The quantitative estimate of drug-likeness (QED) is 0.707. The highest BCUT2D eigenvalue weighted by Gasteiger charge is 2.23. The Morgan fingerprint density at radius 3 is 2.40 bits per heavy atom. The molecule has 0 fully saturated rings. The predicted molar refractivity (Wildman–Crippen MR) is 81.8 cm³/mol. The number of rotatable bonds is 8. The summed E-state index contributed by atoms with van der Waals surface area (Å²) in [5.41, 5.74) is 0.389. The molecule has 20 heavy (non-hydrogen) atoms. The highest BCUT2D eigenvalue weighted by molar-refractivity contribution is 5.93. The molecule has 1 aromatic rings. The number of alkyl halides is 1. The van der Waals surface area contributed by atoms with Crippen molar-refractivity contribution in [2.75, 3.05) is 7.05 Å². The van der Waals surface area contributed by atoms with E-state index < -0.39 is 5.67 Å². The van der Waals surface area contributed by atoms with Crippen LogP contribution in [0.1, 0.15) is 61.9 Å². The summed E-state index contributed by atoms with van der Waals surface area (Å²) in [7, 11) is 1.60. The second kappa shape index (κ2) is 8.03. The van der Waals surface area contributed by atoms with Crippen LogP contribution in [0.3, 0.4) is 0 Å². The lowest BCUT2D eigenvalue weighted by molar-refractivity contribution is 0.0963. The van der Waals surface area contributed by atoms with Gasteiger partial charge < -0.3 is 5.32 Å². The maximum absolute atomic E-state index is 14.4. The van der Waals surface area contributed by atoms with E-state index in [1.807, 2.05) is 12.1 Å². The fraction of sp³-hybridized carbons (Fsp3) is 0.588. The van der Waals surface area contributed by atoms with Gasteiger partial charge in [-0.05, 0) is 31.0 Å². The van der Waals surface area contributed by atoms with Crippen LogP contribution in [0, 0.1) is 0 Å². The fourth-order valence-electron chi connectivity index (χ4n) is 2.35. The lowest BCUT2D eigenvalue weighted by Gasteiger charge is -2.20. The second-order valence-corrected chi connectivity index (χ2v) is 5.68. The van der Waals surface area contributed by atoms with E-state index in [0.29, 0.717) is 18.4 Å². The first kappa shape index (κ1) is 16.7. The van der Waals surface area contributed by atoms with Gasteiger partial charge in [0.2, 0.25) is 0 Å². The molecule has 0 spiro atoms. The van der Waals surface area contributed by atoms with Crippen molar-refractivity contribution in [3.63, 3.8) is 0 Å². The van der Waals surface area contributed by atoms with E-state index in [-0.39, 0.29) is 5.91 Å². The Morgan fingerprint density at radius 2 is 1.85 bits per heavy atom. The third-order valence-corrected chi connectivity index (χ3v) is 3.57. The largest absolute Gasteiger partial charge is 0.355 e. The van der Waals surface area contributed by atoms with Gasteiger partial charge in [-0.3, -0.25) is 4.79 Å². The number of hydrogen-bond donors (Lipinski definition) is 1. The van der Waals surface area contributed by atoms with Crippen molar-refractivity contribution in [2.24, 2.45) is 0 Å². The van der Waals surface area contributed by atoms with E-state index in [9.17, 15) is 9.18 Å². The zero-order valence-corrected chi connectivity index (χ0v) is 12.8. The van der Waals surface area contributed by atoms with E-state index in [1.165, 1.54) is 12.8 Å². The van der Waals surface area contributed by atoms with Crippen LogP contribution >= 0.6 is 0 Å². The van der Waals surface area contributed by atoms with Crippen LogP contribution in [-0.4, -0.2) is 18.6 Å². The van der Waals surface area contributed by atoms with Crippen molar-refractivity contribution in [3.05, 3.63) is 35.4 Å². The minimum absolute atomic E-state index is 0.112. The first-order valence-electron chi connectivity index (χ1n) is 7.48. The Bertz CT molecular complexity index is 412. The monoisotopic (exact) mass is 279 g/mol. The molecule has 0 aliphatic carbocycles. The lowest BCUT2D eigenvalue weighted by atomic mass is 9.92. The standard InChI is InChI=1S/C17H26FNO/c1-4-5-6-7-12-17(2,18)13-14-8-10-15(11-9-14)16(20)19-3/h8-11H,4-7,12-13H2,1-3H3,(H,19,20). The molecule has 0 radical (unpaired) electrons. The van der Waals surface area contributed by atoms with Crippen LogP contribution in [0.15, 0.2) is 24.3 Å². The molecular weight excluding hydrogens is 253 g/mol. The number of carbonyl (C=O) groups excluding carboxylic acids is 1. The molecule has 0 aliphatic heterocycles. The summed E-state index contributed by atoms with van der Waals surface area (Å²) in [6.45, 7) is 3.83. The number of unbranched alkanes of at least 4 members (excludes halogenated alkanes) is 3. The van der Waals surface area contributed by atoms with Gasteiger partial charge in [-0.25, -0.2) is 4.39 Å². The zero-order valence-electron chi connectivity index (χ0n) is 12.8. The molecule has 0 bridgehead atoms. The summed E-state index contributed by atoms with van der Waals surface area (Å²) in [6.07, 6.45) is 5.40. The maximum Gasteiger partial charge on any atom is 0.251 e. The Kier molecular flexibility index (Phi) is 6.69. The molecule has 1 aromatic carbocycles. The summed E-state index contributed by atoms with van der Waals surface area (Å²) in [5, 5.41) is 2.58. The summed E-state index contributed by atoms with van der Waals surface area (Å²) in [6, 6.07) is 7.19. The van der Waals surface area contributed by atoms with Gasteiger partial charge in [0.1, 0.15) is 5.67 Å². The van der Waals surface area contributed by atoms with E-state index in [1.54, 1.807) is 26.1 Å². The Balaban J connectivity index is 2.52. The van der Waals surface area contributed by atoms with Crippen molar-refractivity contribution in [1.82, 2.24) is 5.32 Å². The number of nitrogens with one attached hydrogen (secondary N) is 1. The Labute approximate surface area is 121 Å². The molecule has 0 heterocycles. The summed E-state index contributed by atoms with van der Waals surface area (Å²) in [4.78, 5) is 11.4. The van der Waals surface area contributed by atoms with E-state index in [4.69, 9.17) is 0 Å². The number of carbonyl (C=O) groups is 1. The maximum atomic E-state index is 14.4. The molecule has 1 amide bonds. The topological polar surface area (TPSA) is 29.1 Å². The van der Waals surface area contributed by atoms with Crippen molar-refractivity contribution in [3.8, 4) is 0 Å². The van der Waals surface area contributed by atoms with Gasteiger partial charge in [0.25, 0.3) is 5.91 Å². The molecule has 1 atom stereocenters. The SMILES string of the molecule is CCCCCCC(C)(F)Cc1ccc(C(=O)NC)cc1. The molecule has 1 N–H and O–H groups in total. The molecule has 0 aromatic heterocycles. The van der Waals surface area contributed by atoms with Crippen LogP contribution in [0.2, 0.25) is 0 Å². The second-order valence-electron chi connectivity index (χ2n) is 5.68. The van der Waals surface area contributed by atoms with Gasteiger partial charge in [0.05, 0.1) is 0 Å². The van der Waals surface area contributed by atoms with Crippen LogP contribution in [0.5, 0.6) is 0 Å². The molecule has 1 rings (SSSR count). The number of halogens is 1. The van der Waals surface area contributed by atoms with E-state index in [2.05, 4.69) is 12.2 Å². The lowest BCUT2D eigenvalue weighted by Crippen LogP contribution is -2.21. The normalized spacial score (nSPS) is 13.8. The Morgan fingerprint density at radius 1 is 1.20 bits per heavy atom. The smallest absolute Gasteiger partial charge is 0.251 e. The molecule has 0 aliphatic rings. The van der Waals surface area contributed by atoms with Gasteiger partial charge in [0, 0.05) is 19.0 Å². The summed E-state index contributed by atoms with van der Waals surface area (Å²) >= 11 is 0. The van der Waals surface area contributed by atoms with Gasteiger partial charge >= 0.3 is 0 Å². The molecule has 0 saturated heterocycles. The minimum atomic E-state index is -1.16. The van der Waals surface area contributed by atoms with Gasteiger partial charge in [-0.2, -0.15) is 0 Å². The first-order valence-corrected chi connectivity index (χ1v) is 7.48. The number of hydrogen-bond acceptors (Lipinski definition) is 1. The van der Waals surface area contributed by atoms with Crippen molar-refractivity contribution >= 4 is 5.91 Å². The number of benzene rings is 1. The predicted octanol–water partition coefficient (Wildman–Crippen LogP) is 4.29.